The SMILES string of the molecule is Cc1ccc(-c2ccnc(Nc3ccnc(C4CC4)n3)c2)cn1. The summed E-state index contributed by atoms with van der Waals surface area (Å²) in [5.74, 6) is 3.01. The summed E-state index contributed by atoms with van der Waals surface area (Å²) in [5.41, 5.74) is 3.16. The fourth-order valence-corrected chi connectivity index (χ4v) is 2.43. The number of nitrogens with zero attached hydrogens (tertiary/aromatic N) is 4. The second kappa shape index (κ2) is 5.76. The zero-order chi connectivity index (χ0) is 15.6. The van der Waals surface area contributed by atoms with E-state index in [4.69, 9.17) is 0 Å². The van der Waals surface area contributed by atoms with Gasteiger partial charge in [-0.25, -0.2) is 15.0 Å². The van der Waals surface area contributed by atoms with E-state index in [9.17, 15) is 0 Å². The molecule has 1 fully saturated rings. The standard InChI is InChI=1S/C18H17N5/c1-12-2-3-15(11-21-12)14-6-8-19-17(10-14)22-16-7-9-20-18(23-16)13-4-5-13/h2-3,6-11,13H,4-5H2,1H3,(H,19,20,22,23). The molecule has 0 unspecified atom stereocenters. The molecule has 1 aliphatic rings. The first-order chi connectivity index (χ1) is 11.3. The van der Waals surface area contributed by atoms with Crippen molar-refractivity contribution in [1.82, 2.24) is 19.9 Å². The Kier molecular flexibility index (Phi) is 3.46. The fourth-order valence-electron chi connectivity index (χ4n) is 2.43. The molecule has 4 rings (SSSR count). The molecule has 3 aromatic rings. The van der Waals surface area contributed by atoms with Crippen molar-refractivity contribution in [2.75, 3.05) is 5.32 Å². The minimum absolute atomic E-state index is 0.537. The Hall–Kier alpha value is -2.82. The highest BCUT2D eigenvalue weighted by molar-refractivity contribution is 5.67. The normalized spacial score (nSPS) is 13.8. The lowest BCUT2D eigenvalue weighted by atomic mass is 10.1. The molecule has 1 saturated carbocycles. The lowest BCUT2D eigenvalue weighted by Crippen LogP contribution is -2.00. The first-order valence-electron chi connectivity index (χ1n) is 7.77. The Morgan fingerprint density at radius 1 is 0.913 bits per heavy atom. The van der Waals surface area contributed by atoms with E-state index in [1.54, 1.807) is 12.4 Å². The van der Waals surface area contributed by atoms with Crippen molar-refractivity contribution in [3.8, 4) is 11.1 Å². The molecule has 114 valence electrons. The van der Waals surface area contributed by atoms with Crippen molar-refractivity contribution in [2.45, 2.75) is 25.7 Å². The lowest BCUT2D eigenvalue weighted by molar-refractivity contribution is 0.929. The van der Waals surface area contributed by atoms with Gasteiger partial charge in [0.05, 0.1) is 0 Å². The highest BCUT2D eigenvalue weighted by Gasteiger charge is 2.26. The van der Waals surface area contributed by atoms with Crippen LogP contribution in [0.5, 0.6) is 0 Å². The van der Waals surface area contributed by atoms with Gasteiger partial charge in [-0.15, -0.1) is 0 Å². The first-order valence-corrected chi connectivity index (χ1v) is 7.77. The summed E-state index contributed by atoms with van der Waals surface area (Å²) in [6.45, 7) is 1.98. The summed E-state index contributed by atoms with van der Waals surface area (Å²) in [5, 5.41) is 3.27. The van der Waals surface area contributed by atoms with Crippen LogP contribution in [-0.2, 0) is 0 Å². The number of nitrogens with one attached hydrogen (secondary N) is 1. The van der Waals surface area contributed by atoms with Gasteiger partial charge in [-0.05, 0) is 49.6 Å². The second-order valence-electron chi connectivity index (χ2n) is 5.82. The van der Waals surface area contributed by atoms with Crippen LogP contribution >= 0.6 is 0 Å². The molecular formula is C18H17N5. The molecule has 0 atom stereocenters. The number of hydrogen-bond acceptors (Lipinski definition) is 5. The van der Waals surface area contributed by atoms with Gasteiger partial charge in [-0.1, -0.05) is 6.07 Å². The highest BCUT2D eigenvalue weighted by atomic mass is 15.1. The maximum atomic E-state index is 4.57. The number of hydrogen-bond donors (Lipinski definition) is 1. The summed E-state index contributed by atoms with van der Waals surface area (Å²) in [6, 6.07) is 9.93. The Morgan fingerprint density at radius 2 is 1.78 bits per heavy atom. The molecule has 1 N–H and O–H groups in total. The maximum absolute atomic E-state index is 4.57. The van der Waals surface area contributed by atoms with Crippen LogP contribution in [0.3, 0.4) is 0 Å². The smallest absolute Gasteiger partial charge is 0.135 e. The van der Waals surface area contributed by atoms with Crippen molar-refractivity contribution in [3.05, 3.63) is 60.4 Å². The van der Waals surface area contributed by atoms with Gasteiger partial charge in [0.15, 0.2) is 0 Å². The van der Waals surface area contributed by atoms with E-state index >= 15 is 0 Å². The third-order valence-corrected chi connectivity index (χ3v) is 3.88. The van der Waals surface area contributed by atoms with Gasteiger partial charge in [0, 0.05) is 35.8 Å². The summed E-state index contributed by atoms with van der Waals surface area (Å²) in [4.78, 5) is 17.6. The predicted molar refractivity (Wildman–Crippen MR) is 89.5 cm³/mol. The van der Waals surface area contributed by atoms with E-state index in [0.29, 0.717) is 5.92 Å². The second-order valence-corrected chi connectivity index (χ2v) is 5.82. The fraction of sp³-hybridized carbons (Fsp3) is 0.222. The van der Waals surface area contributed by atoms with Crippen LogP contribution in [0.15, 0.2) is 48.9 Å². The molecule has 3 aromatic heterocycles. The first kappa shape index (κ1) is 13.8. The van der Waals surface area contributed by atoms with Crippen molar-refractivity contribution in [2.24, 2.45) is 0 Å². The van der Waals surface area contributed by atoms with Crippen LogP contribution in [-0.4, -0.2) is 19.9 Å². The molecule has 0 radical (unpaired) electrons. The summed E-state index contributed by atoms with van der Waals surface area (Å²) >= 11 is 0. The van der Waals surface area contributed by atoms with Gasteiger partial charge in [-0.2, -0.15) is 0 Å². The van der Waals surface area contributed by atoms with E-state index in [2.05, 4.69) is 31.3 Å². The number of aromatic nitrogens is 4. The average Bonchev–Trinajstić information content (AvgIpc) is 3.41. The number of rotatable bonds is 4. The van der Waals surface area contributed by atoms with Gasteiger partial charge in [0.2, 0.25) is 0 Å². The molecule has 3 heterocycles. The molecule has 0 bridgehead atoms. The molecule has 5 heteroatoms. The molecule has 0 spiro atoms. The van der Waals surface area contributed by atoms with Gasteiger partial charge in [0.1, 0.15) is 17.5 Å². The van der Waals surface area contributed by atoms with Crippen LogP contribution in [0.2, 0.25) is 0 Å². The Morgan fingerprint density at radius 3 is 2.57 bits per heavy atom. The van der Waals surface area contributed by atoms with Crippen LogP contribution < -0.4 is 5.32 Å². The lowest BCUT2D eigenvalue weighted by Gasteiger charge is -2.08. The Balaban J connectivity index is 1.58. The predicted octanol–water partition coefficient (Wildman–Crippen LogP) is 3.86. The minimum Gasteiger partial charge on any atom is -0.325 e. The monoisotopic (exact) mass is 303 g/mol. The zero-order valence-corrected chi connectivity index (χ0v) is 12.9. The maximum Gasteiger partial charge on any atom is 0.135 e. The van der Waals surface area contributed by atoms with Crippen molar-refractivity contribution in [1.29, 1.82) is 0 Å². The largest absolute Gasteiger partial charge is 0.325 e. The number of pyridine rings is 2. The van der Waals surface area contributed by atoms with Gasteiger partial charge >= 0.3 is 0 Å². The third-order valence-electron chi connectivity index (χ3n) is 3.88. The molecule has 0 aliphatic heterocycles. The van der Waals surface area contributed by atoms with Gasteiger partial charge in [-0.3, -0.25) is 4.98 Å². The van der Waals surface area contributed by atoms with Crippen molar-refractivity contribution >= 4 is 11.6 Å². The quantitative estimate of drug-likeness (QED) is 0.793. The summed E-state index contributed by atoms with van der Waals surface area (Å²) in [6.07, 6.45) is 7.86. The molecule has 23 heavy (non-hydrogen) atoms. The van der Waals surface area contributed by atoms with E-state index < -0.39 is 0 Å². The van der Waals surface area contributed by atoms with Crippen molar-refractivity contribution in [3.63, 3.8) is 0 Å². The van der Waals surface area contributed by atoms with Crippen LogP contribution in [0.4, 0.5) is 11.6 Å². The topological polar surface area (TPSA) is 63.6 Å². The van der Waals surface area contributed by atoms with Gasteiger partial charge < -0.3 is 5.32 Å². The third kappa shape index (κ3) is 3.18. The van der Waals surface area contributed by atoms with E-state index in [0.717, 1.165) is 34.3 Å². The minimum atomic E-state index is 0.537. The van der Waals surface area contributed by atoms with E-state index in [1.165, 1.54) is 12.8 Å². The molecule has 5 nitrogen and oxygen atoms in total. The van der Waals surface area contributed by atoms with Crippen molar-refractivity contribution < 1.29 is 0 Å². The Labute approximate surface area is 134 Å². The van der Waals surface area contributed by atoms with Gasteiger partial charge in [0.25, 0.3) is 0 Å². The number of aryl methyl sites for hydroxylation is 1. The van der Waals surface area contributed by atoms with E-state index in [-0.39, 0.29) is 0 Å². The van der Waals surface area contributed by atoms with Crippen LogP contribution in [0.1, 0.15) is 30.3 Å². The van der Waals surface area contributed by atoms with E-state index in [1.807, 2.05) is 37.4 Å². The molecular weight excluding hydrogens is 286 g/mol. The molecule has 1 aliphatic carbocycles. The molecule has 0 saturated heterocycles. The summed E-state index contributed by atoms with van der Waals surface area (Å²) in [7, 11) is 0. The average molecular weight is 303 g/mol. The molecule has 0 aromatic carbocycles. The highest BCUT2D eigenvalue weighted by Crippen LogP contribution is 2.38. The molecule has 0 amide bonds. The zero-order valence-electron chi connectivity index (χ0n) is 12.9. The summed E-state index contributed by atoms with van der Waals surface area (Å²) < 4.78 is 0. The Bertz CT molecular complexity index is 825. The number of anilines is 2. The van der Waals surface area contributed by atoms with Crippen LogP contribution in [0.25, 0.3) is 11.1 Å². The van der Waals surface area contributed by atoms with Crippen LogP contribution in [0, 0.1) is 6.92 Å².